The zero-order chi connectivity index (χ0) is 17.9. The van der Waals surface area contributed by atoms with Crippen LogP contribution in [0.1, 0.15) is 18.4 Å². The first-order chi connectivity index (χ1) is 11.9. The molecule has 138 valence electrons. The molecule has 8 heteroatoms. The number of halogens is 3. The fourth-order valence-corrected chi connectivity index (χ4v) is 3.07. The summed E-state index contributed by atoms with van der Waals surface area (Å²) in [7, 11) is 0. The van der Waals surface area contributed by atoms with Crippen LogP contribution in [0.3, 0.4) is 0 Å². The van der Waals surface area contributed by atoms with Crippen molar-refractivity contribution >= 4 is 5.91 Å². The fraction of sp³-hybridized carbons (Fsp3) is 0.588. The van der Waals surface area contributed by atoms with Gasteiger partial charge < -0.3 is 19.1 Å². The highest BCUT2D eigenvalue weighted by Gasteiger charge is 2.32. The highest BCUT2D eigenvalue weighted by molar-refractivity contribution is 5.77. The van der Waals surface area contributed by atoms with Crippen LogP contribution in [0.5, 0.6) is 5.75 Å². The molecule has 0 unspecified atom stereocenters. The van der Waals surface area contributed by atoms with Crippen LogP contribution >= 0.6 is 0 Å². The van der Waals surface area contributed by atoms with E-state index in [1.807, 2.05) is 0 Å². The van der Waals surface area contributed by atoms with Crippen LogP contribution in [0, 0.1) is 5.92 Å². The molecule has 2 fully saturated rings. The summed E-state index contributed by atoms with van der Waals surface area (Å²) in [4.78, 5) is 13.9. The van der Waals surface area contributed by atoms with E-state index in [-0.39, 0.29) is 30.5 Å². The lowest BCUT2D eigenvalue weighted by molar-refractivity contribution is -0.138. The number of likely N-dealkylation sites (tertiary alicyclic amines) is 1. The third kappa shape index (κ3) is 4.64. The van der Waals surface area contributed by atoms with Crippen LogP contribution in [-0.2, 0) is 20.4 Å². The van der Waals surface area contributed by atoms with E-state index in [2.05, 4.69) is 0 Å². The molecule has 0 atom stereocenters. The molecule has 5 nitrogen and oxygen atoms in total. The van der Waals surface area contributed by atoms with Crippen molar-refractivity contribution in [1.29, 1.82) is 0 Å². The molecule has 2 saturated heterocycles. The number of nitrogens with zero attached hydrogens (tertiary/aromatic N) is 1. The van der Waals surface area contributed by atoms with E-state index in [0.29, 0.717) is 26.3 Å². The Hall–Kier alpha value is -1.80. The van der Waals surface area contributed by atoms with Crippen LogP contribution in [0.15, 0.2) is 24.3 Å². The topological polar surface area (TPSA) is 48.0 Å². The van der Waals surface area contributed by atoms with Crippen LogP contribution in [0.2, 0.25) is 0 Å². The Morgan fingerprint density at radius 2 is 1.88 bits per heavy atom. The Bertz CT molecular complexity index is 594. The lowest BCUT2D eigenvalue weighted by atomic mass is 9.96. The van der Waals surface area contributed by atoms with Gasteiger partial charge in [0, 0.05) is 19.0 Å². The van der Waals surface area contributed by atoms with Crippen molar-refractivity contribution in [2.45, 2.75) is 25.3 Å². The molecule has 2 aliphatic rings. The average molecular weight is 359 g/mol. The lowest BCUT2D eigenvalue weighted by Gasteiger charge is -2.33. The van der Waals surface area contributed by atoms with E-state index in [1.165, 1.54) is 12.1 Å². The number of hydrogen-bond acceptors (Lipinski definition) is 4. The van der Waals surface area contributed by atoms with Gasteiger partial charge in [-0.2, -0.15) is 13.2 Å². The predicted molar refractivity (Wildman–Crippen MR) is 81.9 cm³/mol. The normalized spacial score (nSPS) is 20.0. The highest BCUT2D eigenvalue weighted by atomic mass is 19.4. The molecule has 0 aromatic heterocycles. The standard InChI is InChI=1S/C17H20F3NO4/c18-17(19,20)13-2-1-3-14(10-13)25-11-15(22)21-6-4-12(5-7-21)16-23-8-9-24-16/h1-3,10,12,16H,4-9,11H2. The quantitative estimate of drug-likeness (QED) is 0.829. The van der Waals surface area contributed by atoms with Crippen LogP contribution < -0.4 is 4.74 Å². The molecule has 0 saturated carbocycles. The highest BCUT2D eigenvalue weighted by Crippen LogP contribution is 2.31. The number of piperidine rings is 1. The van der Waals surface area contributed by atoms with Crippen molar-refractivity contribution in [3.8, 4) is 5.75 Å². The first-order valence-electron chi connectivity index (χ1n) is 8.24. The molecule has 1 amide bonds. The minimum Gasteiger partial charge on any atom is -0.484 e. The van der Waals surface area contributed by atoms with Gasteiger partial charge in [-0.3, -0.25) is 4.79 Å². The molecule has 1 aromatic rings. The van der Waals surface area contributed by atoms with Crippen molar-refractivity contribution in [2.75, 3.05) is 32.9 Å². The van der Waals surface area contributed by atoms with Crippen LogP contribution in [0.4, 0.5) is 13.2 Å². The molecule has 2 aliphatic heterocycles. The van der Waals surface area contributed by atoms with Crippen molar-refractivity contribution in [1.82, 2.24) is 4.90 Å². The summed E-state index contributed by atoms with van der Waals surface area (Å²) in [5, 5.41) is 0. The minimum absolute atomic E-state index is 0.0332. The van der Waals surface area contributed by atoms with E-state index >= 15 is 0 Å². The largest absolute Gasteiger partial charge is 0.484 e. The summed E-state index contributed by atoms with van der Waals surface area (Å²) >= 11 is 0. The Morgan fingerprint density at radius 1 is 1.20 bits per heavy atom. The summed E-state index contributed by atoms with van der Waals surface area (Å²) in [6.45, 7) is 2.07. The zero-order valence-electron chi connectivity index (χ0n) is 13.6. The summed E-state index contributed by atoms with van der Waals surface area (Å²) in [6, 6.07) is 4.53. The Morgan fingerprint density at radius 3 is 2.52 bits per heavy atom. The summed E-state index contributed by atoms with van der Waals surface area (Å²) in [5.74, 6) is 0.0749. The van der Waals surface area contributed by atoms with Crippen molar-refractivity contribution in [3.05, 3.63) is 29.8 Å². The van der Waals surface area contributed by atoms with Gasteiger partial charge in [-0.15, -0.1) is 0 Å². The summed E-state index contributed by atoms with van der Waals surface area (Å²) in [6.07, 6.45) is -3.06. The number of alkyl halides is 3. The molecule has 2 heterocycles. The molecule has 0 bridgehead atoms. The lowest BCUT2D eigenvalue weighted by Crippen LogP contribution is -2.43. The Balaban J connectivity index is 1.47. The molecule has 1 aromatic carbocycles. The molecular formula is C17H20F3NO4. The number of hydrogen-bond donors (Lipinski definition) is 0. The third-order valence-corrected chi connectivity index (χ3v) is 4.45. The van der Waals surface area contributed by atoms with Crippen LogP contribution in [0.25, 0.3) is 0 Å². The van der Waals surface area contributed by atoms with Crippen molar-refractivity contribution < 1.29 is 32.2 Å². The van der Waals surface area contributed by atoms with Crippen molar-refractivity contribution in [2.24, 2.45) is 5.92 Å². The van der Waals surface area contributed by atoms with Gasteiger partial charge in [-0.1, -0.05) is 6.07 Å². The Kier molecular flexibility index (Phi) is 5.48. The van der Waals surface area contributed by atoms with Gasteiger partial charge in [0.2, 0.25) is 0 Å². The van der Waals surface area contributed by atoms with Gasteiger partial charge in [0.1, 0.15) is 5.75 Å². The van der Waals surface area contributed by atoms with E-state index in [0.717, 1.165) is 25.0 Å². The maximum Gasteiger partial charge on any atom is 0.416 e. The molecule has 0 spiro atoms. The van der Waals surface area contributed by atoms with Crippen molar-refractivity contribution in [3.63, 3.8) is 0 Å². The second-order valence-corrected chi connectivity index (χ2v) is 6.14. The number of amides is 1. The first kappa shape index (κ1) is 18.0. The van der Waals surface area contributed by atoms with Gasteiger partial charge in [0.25, 0.3) is 5.91 Å². The van der Waals surface area contributed by atoms with Crippen LogP contribution in [-0.4, -0.2) is 50.0 Å². The average Bonchev–Trinajstić information content (AvgIpc) is 3.14. The fourth-order valence-electron chi connectivity index (χ4n) is 3.07. The third-order valence-electron chi connectivity index (χ3n) is 4.45. The zero-order valence-corrected chi connectivity index (χ0v) is 13.6. The monoisotopic (exact) mass is 359 g/mol. The van der Waals surface area contributed by atoms with E-state index in [1.54, 1.807) is 4.90 Å². The maximum atomic E-state index is 12.7. The molecule has 25 heavy (non-hydrogen) atoms. The molecular weight excluding hydrogens is 339 g/mol. The number of rotatable bonds is 4. The van der Waals surface area contributed by atoms with E-state index in [9.17, 15) is 18.0 Å². The predicted octanol–water partition coefficient (Wildman–Crippen LogP) is 2.70. The van der Waals surface area contributed by atoms with Gasteiger partial charge in [0.15, 0.2) is 12.9 Å². The van der Waals surface area contributed by atoms with Gasteiger partial charge >= 0.3 is 6.18 Å². The molecule has 0 aliphatic carbocycles. The molecule has 3 rings (SSSR count). The SMILES string of the molecule is O=C(COc1cccc(C(F)(F)F)c1)N1CCC(C2OCCO2)CC1. The van der Waals surface area contributed by atoms with E-state index in [4.69, 9.17) is 14.2 Å². The second kappa shape index (κ2) is 7.61. The second-order valence-electron chi connectivity index (χ2n) is 6.14. The van der Waals surface area contributed by atoms with E-state index < -0.39 is 11.7 Å². The number of carbonyl (C=O) groups is 1. The maximum absolute atomic E-state index is 12.7. The smallest absolute Gasteiger partial charge is 0.416 e. The van der Waals surface area contributed by atoms with Gasteiger partial charge in [-0.05, 0) is 31.0 Å². The number of benzene rings is 1. The summed E-state index contributed by atoms with van der Waals surface area (Å²) < 4.78 is 54.2. The van der Waals surface area contributed by atoms with Gasteiger partial charge in [-0.25, -0.2) is 0 Å². The molecule has 0 radical (unpaired) electrons. The number of ether oxygens (including phenoxy) is 3. The first-order valence-corrected chi connectivity index (χ1v) is 8.24. The molecule has 0 N–H and O–H groups in total. The summed E-state index contributed by atoms with van der Waals surface area (Å²) in [5.41, 5.74) is -0.796. The number of carbonyl (C=O) groups excluding carboxylic acids is 1. The van der Waals surface area contributed by atoms with Gasteiger partial charge in [0.05, 0.1) is 18.8 Å². The minimum atomic E-state index is -4.43. The Labute approximate surface area is 143 Å².